The van der Waals surface area contributed by atoms with E-state index in [4.69, 9.17) is 32.4 Å². The number of aliphatic hydroxyl groups is 1. The first-order chi connectivity index (χ1) is 21.0. The third kappa shape index (κ3) is 3.57. The predicted octanol–water partition coefficient (Wildman–Crippen LogP) is 50.2. The van der Waals surface area contributed by atoms with E-state index in [-0.39, 0.29) is 263 Å². The molecule has 46 heavy (non-hydrogen) atoms. The minimum absolute atomic E-state index is 0. The molecule has 0 aromatic carbocycles. The topological polar surface area (TPSA) is 93.8 Å². The van der Waals surface area contributed by atoms with Crippen molar-refractivity contribution in [1.29, 1.82) is 0 Å². The van der Waals surface area contributed by atoms with Crippen molar-refractivity contribution in [1.82, 2.24) is 0 Å². The highest BCUT2D eigenvalue weighted by Gasteiger charge is 2.89. The number of furan rings is 1. The molecule has 1 heterocycles. The van der Waals surface area contributed by atoms with Crippen LogP contribution in [0.3, 0.4) is 0 Å². The standard InChI is InChI=1S/C38H52Cl2O6.168H2/c1-13-35-28(19-22(4)37(35,30(43)31(7,8)39)46-29(42)27-15-14-18-45-27)33(11)17-16-25-20-26(41)23(5)24(6)36(25,21(2)3)38(33,40)34(12,44)32(35,9)10;;;;;;;;;;;;;;;;;;;;;;;;;;;;;;;;;;;;;;;;;;;;;;;;;;;;;;;;;;;;;;;;;;;;;;;;;;;;;;;;;;;;;;;;;;;;;;;;;;;;;;;;;;;;;;;;;;;;;;;;;;;;;;;;;;;;;;;;;;;;;;;;;;;;;;;;;;;;;;;;;;;;;;;;/h14-15,18,20-22,28,44H,13,16-17,19H2,1-12H3;168*1H/t22-,28-,33+,34+,35-,36+,37+,38+;;;;;;;;;;;;;;;;;;;;;;;;;;;;;;;;;;;;;;;;;;;;;;;;;;;;;;;;;;;;;;;;;;;;;;;;;;;;;;;;;;;;;;;;;;;;;;;;;;;;;;;;;;;;;;;;;;;;;;;;;;;;;;;;;;;;;;;;;;;;;;;;;;;;;;;;;;;;;;;;;;;;;;;;/m1......................................................................................................................................................................../s1. The van der Waals surface area contributed by atoms with Crippen molar-refractivity contribution in [3.05, 3.63) is 47.0 Å². The maximum atomic E-state index is 15.1. The van der Waals surface area contributed by atoms with Crippen molar-refractivity contribution in [3.63, 3.8) is 0 Å². The highest BCUT2D eigenvalue weighted by atomic mass is 35.5. The Morgan fingerprint density at radius 1 is 1.20 bits per heavy atom. The molecule has 4 aliphatic rings. The summed E-state index contributed by atoms with van der Waals surface area (Å²) in [5.74, 6) is -1.96. The quantitative estimate of drug-likeness (QED) is 0.225. The lowest BCUT2D eigenvalue weighted by molar-refractivity contribution is -0.305. The van der Waals surface area contributed by atoms with E-state index in [0.717, 1.165) is 11.1 Å². The van der Waals surface area contributed by atoms with E-state index in [1.807, 2.05) is 48.5 Å². The monoisotopic (exact) mass is 1010 g/mol. The van der Waals surface area contributed by atoms with Crippen LogP contribution in [0.2, 0.25) is 0 Å². The van der Waals surface area contributed by atoms with E-state index in [0.29, 0.717) is 31.3 Å². The second-order valence-corrected chi connectivity index (χ2v) is 17.9. The van der Waals surface area contributed by atoms with E-state index < -0.39 is 60.3 Å². The fourth-order valence-corrected chi connectivity index (χ4v) is 13.1. The second kappa shape index (κ2) is 10.3. The van der Waals surface area contributed by atoms with Crippen LogP contribution in [0, 0.1) is 39.4 Å². The molecule has 1 aromatic rings. The Kier molecular flexibility index (Phi) is 7.94. The molecule has 4 aliphatic carbocycles. The van der Waals surface area contributed by atoms with Crippen molar-refractivity contribution < 1.29 is 268 Å². The van der Waals surface area contributed by atoms with Gasteiger partial charge in [0.05, 0.1) is 16.7 Å². The molecule has 0 unspecified atom stereocenters. The van der Waals surface area contributed by atoms with E-state index in [9.17, 15) is 14.7 Å². The molecule has 1 N–H and O–H groups in total. The van der Waals surface area contributed by atoms with Gasteiger partial charge < -0.3 is 14.3 Å². The summed E-state index contributed by atoms with van der Waals surface area (Å²) in [7, 11) is 0. The van der Waals surface area contributed by atoms with Gasteiger partial charge in [0.2, 0.25) is 5.76 Å². The molecule has 0 radical (unpaired) electrons. The Bertz CT molecular complexity index is 1700. The van der Waals surface area contributed by atoms with Gasteiger partial charge in [-0.15, -0.1) is 23.2 Å². The van der Waals surface area contributed by atoms with Gasteiger partial charge in [0, 0.05) is 262 Å². The summed E-state index contributed by atoms with van der Waals surface area (Å²) >= 11 is 15.4. The second-order valence-electron chi connectivity index (χ2n) is 16.4. The summed E-state index contributed by atoms with van der Waals surface area (Å²) < 4.78 is 12.1. The lowest BCUT2D eigenvalue weighted by atomic mass is 9.28. The van der Waals surface area contributed by atoms with Crippen molar-refractivity contribution in [3.8, 4) is 0 Å². The number of alkyl halides is 2. The van der Waals surface area contributed by atoms with Crippen molar-refractivity contribution in [2.45, 2.75) is 130 Å². The average molecular weight is 1010 g/mol. The summed E-state index contributed by atoms with van der Waals surface area (Å²) in [6.45, 7) is 23.4. The highest BCUT2D eigenvalue weighted by molar-refractivity contribution is 6.36. The van der Waals surface area contributed by atoms with Gasteiger partial charge in [-0.1, -0.05) is 59.6 Å². The van der Waals surface area contributed by atoms with Gasteiger partial charge in [-0.2, -0.15) is 0 Å². The number of carbonyl (C=O) groups excluding carboxylic acids is 3. The molecule has 1 aromatic heterocycles. The van der Waals surface area contributed by atoms with Crippen LogP contribution in [-0.2, 0) is 14.3 Å². The van der Waals surface area contributed by atoms with E-state index >= 15 is 4.79 Å². The zero-order chi connectivity index (χ0) is 34.8. The minimum atomic E-state index is -1.72. The molecule has 5 rings (SSSR count). The van der Waals surface area contributed by atoms with Crippen LogP contribution < -0.4 is 0 Å². The van der Waals surface area contributed by atoms with E-state index in [1.54, 1.807) is 26.0 Å². The van der Waals surface area contributed by atoms with Gasteiger partial charge >= 0.3 is 5.97 Å². The van der Waals surface area contributed by atoms with Gasteiger partial charge in [0.25, 0.3) is 0 Å². The summed E-state index contributed by atoms with van der Waals surface area (Å²) in [5, 5.41) is 13.6. The summed E-state index contributed by atoms with van der Waals surface area (Å²) in [5.41, 5.74) is -4.74. The van der Waals surface area contributed by atoms with Crippen LogP contribution >= 0.6 is 23.2 Å². The third-order valence-electron chi connectivity index (χ3n) is 14.2. The number of rotatable bonds is 6. The Morgan fingerprint density at radius 2 is 1.80 bits per heavy atom. The predicted molar refractivity (Wildman–Crippen MR) is 536 cm³/mol. The molecular weight excluding hydrogens is 623 g/mol. The molecule has 8 heteroatoms. The van der Waals surface area contributed by atoms with E-state index in [1.165, 1.54) is 12.3 Å². The first kappa shape index (κ1) is 35.4. The van der Waals surface area contributed by atoms with E-state index in [2.05, 4.69) is 20.8 Å². The Morgan fingerprint density at radius 3 is 2.30 bits per heavy atom. The number of esters is 1. The van der Waals surface area contributed by atoms with Crippen LogP contribution in [0.4, 0.5) is 0 Å². The number of carbonyl (C=O) groups is 3. The summed E-state index contributed by atoms with van der Waals surface area (Å²) in [6, 6.07) is 3.13. The summed E-state index contributed by atoms with van der Waals surface area (Å²) in [4.78, 5) is 39.6. The molecule has 0 saturated heterocycles. The maximum absolute atomic E-state index is 15.1. The number of hydrogen-bond donors (Lipinski definition) is 1. The number of allylic oxidation sites excluding steroid dienone is 4. The molecule has 3 fully saturated rings. The highest BCUT2D eigenvalue weighted by Crippen LogP contribution is 2.85. The van der Waals surface area contributed by atoms with Gasteiger partial charge in [0.15, 0.2) is 17.2 Å². The zero-order valence-corrected chi connectivity index (χ0v) is 31.1. The van der Waals surface area contributed by atoms with Gasteiger partial charge in [0.1, 0.15) is 4.87 Å². The average Bonchev–Trinajstić information content (AvgIpc) is 3.58. The molecule has 0 spiro atoms. The van der Waals surface area contributed by atoms with Crippen LogP contribution in [0.15, 0.2) is 45.6 Å². The molecule has 590 valence electrons. The Balaban J connectivity index is -0.000000000919. The van der Waals surface area contributed by atoms with Crippen LogP contribution in [0.5, 0.6) is 0 Å². The van der Waals surface area contributed by atoms with Gasteiger partial charge in [-0.3, -0.25) is 9.59 Å². The number of ketones is 2. The minimum Gasteiger partial charge on any atom is -0.457 e. The fourth-order valence-electron chi connectivity index (χ4n) is 12.1. The van der Waals surface area contributed by atoms with Crippen molar-refractivity contribution >= 4 is 40.7 Å². The molecule has 3 saturated carbocycles. The lowest BCUT2D eigenvalue weighted by Gasteiger charge is -2.79. The number of Topliss-reactive ketones (excluding diaryl/α,β-unsaturated/α-hetero) is 1. The first-order valence-corrected chi connectivity index (χ1v) is 17.6. The Hall–Kier alpha value is -1.89. The SMILES string of the molecule is CC[C@]12[C@H](C[C@@H](C)[C@]1(OC(=O)c1ccco1)C(=O)C(C)(C)Cl)[C@]1(C)CCC3=CC(=O)C(C)=C(C)[C@]3(C(C)C)[C@@]1(Cl)[C@@](C)(O)C2(C)C.[HH].[HH].[HH].[HH].[HH].[HH].[HH].[HH].[HH].[HH].[HH].[HH].[HH].[HH].[HH].[HH].[HH].[HH].[HH].[HH].[HH].[HH].[HH].[HH].[HH].[HH].[HH].[HH].[HH].[HH].[HH].[HH].[HH].[HH].[HH].[HH].[HH].[HH].[HH].[HH].[HH].[HH].[HH].[HH].[HH].[HH].[HH].[HH].[HH].[HH].[HH].[HH].[HH].[HH].[HH].[HH].[HH].[HH].[HH].[HH].[HH].[HH].[HH].[HH].[HH].[HH].[HH].[HH].[HH].[HH].[HH].[HH].[HH].[HH].[HH].[HH].[HH].[HH].[HH].[HH].[HH].[HH].[HH].[HH].[HH].[HH].[HH].[HH].[HH].[HH].[HH].[HH].[HH].[HH].[HH].[HH].[HH].[HH].[HH].[HH].[HH].[HH].[HH].[HH].[HH].[HH].[HH].[HH].[HH].[HH].[HH].[HH].[HH].[HH].[HH].[HH].[HH].[HH].[HH].[HH].[HH].[HH].[HH].[HH].[HH].[HH].[HH].[HH].[HH].[HH].[HH].[HH].[HH].[HH].[HH].[HH].[HH].[HH].[HH].[HH].[HH].[HH].[HH].[HH].[HH].[HH].[HH].[HH].[HH].[HH].[HH].[HH].[HH].[HH].[HH].[HH].[HH].[HH].[HH].[HH].[HH].[HH].[HH].[HH].[HH].[HH].[HH].[HH]. The normalized spacial score (nSPS) is 41.9. The smallest absolute Gasteiger partial charge is 0.375 e. The molecule has 0 amide bonds. The number of ether oxygens (including phenoxy) is 1. The van der Waals surface area contributed by atoms with Gasteiger partial charge in [-0.25, -0.2) is 4.79 Å². The first-order valence-electron chi connectivity index (χ1n) is 16.8. The van der Waals surface area contributed by atoms with Crippen LogP contribution in [-0.4, -0.2) is 43.6 Å². The fraction of sp³-hybridized carbons (Fsp3) is 0.711. The Labute approximate surface area is 534 Å². The van der Waals surface area contributed by atoms with Crippen LogP contribution in [0.1, 0.15) is 359 Å². The largest absolute Gasteiger partial charge is 0.457 e. The van der Waals surface area contributed by atoms with Crippen LogP contribution in [0.25, 0.3) is 0 Å². The van der Waals surface area contributed by atoms with Gasteiger partial charge in [-0.05, 0) is 101 Å². The van der Waals surface area contributed by atoms with Crippen molar-refractivity contribution in [2.24, 2.45) is 39.4 Å². The number of hydrogen-bond acceptors (Lipinski definition) is 6. The molecule has 0 aliphatic heterocycles. The zero-order valence-electron chi connectivity index (χ0n) is 29.6. The molecule has 8 atom stereocenters. The maximum Gasteiger partial charge on any atom is 0.375 e. The molecule has 6 nitrogen and oxygen atoms in total. The number of halogens is 2. The molecular formula is C38H388Cl2O6. The number of fused-ring (bicyclic) bond motifs is 5. The summed E-state index contributed by atoms with van der Waals surface area (Å²) in [6.07, 6.45) is 5.31. The molecule has 0 bridgehead atoms. The third-order valence-corrected chi connectivity index (χ3v) is 15.4. The van der Waals surface area contributed by atoms with Crippen molar-refractivity contribution in [2.75, 3.05) is 0 Å². The lowest BCUT2D eigenvalue weighted by Crippen LogP contribution is -2.85.